The first-order valence-corrected chi connectivity index (χ1v) is 9.18. The van der Waals surface area contributed by atoms with Crippen molar-refractivity contribution in [2.45, 2.75) is 13.8 Å². The Morgan fingerprint density at radius 1 is 1.00 bits per heavy atom. The number of anilines is 1. The molecule has 5 nitrogen and oxygen atoms in total. The van der Waals surface area contributed by atoms with Gasteiger partial charge in [-0.2, -0.15) is 0 Å². The molecule has 0 bridgehead atoms. The Morgan fingerprint density at radius 2 is 1.63 bits per heavy atom. The first-order valence-electron chi connectivity index (χ1n) is 8.78. The highest BCUT2D eigenvalue weighted by molar-refractivity contribution is 7.80. The molecule has 2 aromatic carbocycles. The van der Waals surface area contributed by atoms with Gasteiger partial charge in [-0.15, -0.1) is 0 Å². The van der Waals surface area contributed by atoms with Gasteiger partial charge in [-0.3, -0.25) is 14.9 Å². The van der Waals surface area contributed by atoms with E-state index in [9.17, 15) is 9.59 Å². The molecule has 0 saturated carbocycles. The molecule has 0 aliphatic rings. The zero-order valence-electron chi connectivity index (χ0n) is 15.4. The molecule has 0 saturated heterocycles. The number of benzene rings is 2. The molecule has 2 rings (SSSR count). The fourth-order valence-corrected chi connectivity index (χ4v) is 2.66. The molecule has 0 heterocycles. The van der Waals surface area contributed by atoms with Crippen LogP contribution in [-0.2, 0) is 4.79 Å². The minimum Gasteiger partial charge on any atom is -0.339 e. The molecule has 0 aliphatic carbocycles. The smallest absolute Gasteiger partial charge is 0.253 e. The van der Waals surface area contributed by atoms with Crippen LogP contribution in [0, 0.1) is 0 Å². The molecule has 0 radical (unpaired) electrons. The van der Waals surface area contributed by atoms with Crippen LogP contribution in [0.15, 0.2) is 60.7 Å². The van der Waals surface area contributed by atoms with Crippen molar-refractivity contribution >= 4 is 40.9 Å². The second-order valence-corrected chi connectivity index (χ2v) is 6.15. The predicted octanol–water partition coefficient (Wildman–Crippen LogP) is 3.70. The Bertz CT molecular complexity index is 813. The van der Waals surface area contributed by atoms with Crippen LogP contribution in [-0.4, -0.2) is 34.9 Å². The molecule has 0 aliphatic heterocycles. The number of carbonyl (C=O) groups excluding carboxylic acids is 2. The minimum absolute atomic E-state index is 0.00604. The Labute approximate surface area is 165 Å². The van der Waals surface area contributed by atoms with E-state index in [1.807, 2.05) is 44.2 Å². The van der Waals surface area contributed by atoms with Crippen molar-refractivity contribution in [3.05, 3.63) is 71.8 Å². The van der Waals surface area contributed by atoms with Gasteiger partial charge in [0.05, 0.1) is 0 Å². The van der Waals surface area contributed by atoms with Crippen molar-refractivity contribution in [2.24, 2.45) is 0 Å². The molecule has 0 spiro atoms. The molecule has 2 N–H and O–H groups in total. The molecular formula is C21H23N3O2S. The van der Waals surface area contributed by atoms with Gasteiger partial charge in [0.25, 0.3) is 5.91 Å². The maximum absolute atomic E-state index is 12.3. The first-order chi connectivity index (χ1) is 13.0. The SMILES string of the molecule is CCN(CC)C(=O)c1ccc(NC(=S)NC(=O)/C=C/c2ccccc2)cc1. The van der Waals surface area contributed by atoms with Crippen molar-refractivity contribution in [2.75, 3.05) is 18.4 Å². The molecule has 0 aromatic heterocycles. The van der Waals surface area contributed by atoms with E-state index in [1.54, 1.807) is 35.2 Å². The van der Waals surface area contributed by atoms with Crippen LogP contribution >= 0.6 is 12.2 Å². The maximum atomic E-state index is 12.3. The largest absolute Gasteiger partial charge is 0.339 e. The highest BCUT2D eigenvalue weighted by Gasteiger charge is 2.12. The summed E-state index contributed by atoms with van der Waals surface area (Å²) in [5.74, 6) is -0.321. The van der Waals surface area contributed by atoms with Crippen LogP contribution in [0.25, 0.3) is 6.08 Å². The van der Waals surface area contributed by atoms with E-state index in [1.165, 1.54) is 6.08 Å². The molecule has 140 valence electrons. The monoisotopic (exact) mass is 381 g/mol. The number of amides is 2. The van der Waals surface area contributed by atoms with Gasteiger partial charge in [-0.05, 0) is 62.0 Å². The average Bonchev–Trinajstić information content (AvgIpc) is 2.68. The Kier molecular flexibility index (Phi) is 7.70. The summed E-state index contributed by atoms with van der Waals surface area (Å²) in [7, 11) is 0. The van der Waals surface area contributed by atoms with Gasteiger partial charge >= 0.3 is 0 Å². The molecule has 0 unspecified atom stereocenters. The molecule has 0 fully saturated rings. The third kappa shape index (κ3) is 6.34. The first kappa shape index (κ1) is 20.3. The van der Waals surface area contributed by atoms with E-state index in [4.69, 9.17) is 12.2 Å². The second-order valence-electron chi connectivity index (χ2n) is 5.74. The predicted molar refractivity (Wildman–Crippen MR) is 114 cm³/mol. The normalized spacial score (nSPS) is 10.4. The van der Waals surface area contributed by atoms with Crippen molar-refractivity contribution < 1.29 is 9.59 Å². The van der Waals surface area contributed by atoms with Crippen LogP contribution < -0.4 is 10.6 Å². The molecule has 2 amide bonds. The van der Waals surface area contributed by atoms with Crippen LogP contribution in [0.4, 0.5) is 5.69 Å². The fraction of sp³-hybridized carbons (Fsp3) is 0.190. The number of rotatable bonds is 6. The zero-order chi connectivity index (χ0) is 19.6. The topological polar surface area (TPSA) is 61.4 Å². The summed E-state index contributed by atoms with van der Waals surface area (Å²) >= 11 is 5.15. The highest BCUT2D eigenvalue weighted by Crippen LogP contribution is 2.11. The van der Waals surface area contributed by atoms with E-state index in [2.05, 4.69) is 10.6 Å². The average molecular weight is 382 g/mol. The number of carbonyl (C=O) groups is 2. The maximum Gasteiger partial charge on any atom is 0.253 e. The lowest BCUT2D eigenvalue weighted by Gasteiger charge is -2.18. The summed E-state index contributed by atoms with van der Waals surface area (Å²) in [5.41, 5.74) is 2.24. The van der Waals surface area contributed by atoms with E-state index in [0.29, 0.717) is 24.3 Å². The van der Waals surface area contributed by atoms with Gasteiger partial charge in [0.15, 0.2) is 5.11 Å². The number of hydrogen-bond acceptors (Lipinski definition) is 3. The summed E-state index contributed by atoms with van der Waals surface area (Å²) in [5, 5.41) is 5.72. The molecule has 6 heteroatoms. The fourth-order valence-electron chi connectivity index (χ4n) is 2.44. The lowest BCUT2D eigenvalue weighted by atomic mass is 10.2. The number of hydrogen-bond donors (Lipinski definition) is 2. The standard InChI is InChI=1S/C21H23N3O2S/c1-3-24(4-2)20(26)17-11-13-18(14-12-17)22-21(27)23-19(25)15-10-16-8-6-5-7-9-16/h5-15H,3-4H2,1-2H3,(H2,22,23,25,27)/b15-10+. The molecule has 0 atom stereocenters. The van der Waals surface area contributed by atoms with Crippen molar-refractivity contribution in [3.63, 3.8) is 0 Å². The van der Waals surface area contributed by atoms with Crippen LogP contribution in [0.1, 0.15) is 29.8 Å². The Hall–Kier alpha value is -2.99. The number of thiocarbonyl (C=S) groups is 1. The number of nitrogens with one attached hydrogen (secondary N) is 2. The van der Waals surface area contributed by atoms with E-state index < -0.39 is 0 Å². The van der Waals surface area contributed by atoms with Gasteiger partial charge < -0.3 is 10.2 Å². The van der Waals surface area contributed by atoms with E-state index >= 15 is 0 Å². The molecule has 27 heavy (non-hydrogen) atoms. The van der Waals surface area contributed by atoms with Crippen LogP contribution in [0.5, 0.6) is 0 Å². The quantitative estimate of drug-likeness (QED) is 0.592. The summed E-state index contributed by atoms with van der Waals surface area (Å²) < 4.78 is 0. The summed E-state index contributed by atoms with van der Waals surface area (Å²) in [6, 6.07) is 16.5. The summed E-state index contributed by atoms with van der Waals surface area (Å²) in [6.45, 7) is 5.24. The highest BCUT2D eigenvalue weighted by atomic mass is 32.1. The van der Waals surface area contributed by atoms with Crippen molar-refractivity contribution in [1.29, 1.82) is 0 Å². The van der Waals surface area contributed by atoms with Crippen molar-refractivity contribution in [1.82, 2.24) is 10.2 Å². The Morgan fingerprint density at radius 3 is 2.22 bits per heavy atom. The summed E-state index contributed by atoms with van der Waals surface area (Å²) in [4.78, 5) is 26.0. The van der Waals surface area contributed by atoms with E-state index in [-0.39, 0.29) is 16.9 Å². The zero-order valence-corrected chi connectivity index (χ0v) is 16.3. The number of nitrogens with zero attached hydrogens (tertiary/aromatic N) is 1. The van der Waals surface area contributed by atoms with Gasteiger partial charge in [-0.1, -0.05) is 30.3 Å². The molecule has 2 aromatic rings. The lowest BCUT2D eigenvalue weighted by Crippen LogP contribution is -2.33. The third-order valence-electron chi connectivity index (χ3n) is 3.90. The van der Waals surface area contributed by atoms with Crippen molar-refractivity contribution in [3.8, 4) is 0 Å². The van der Waals surface area contributed by atoms with Crippen LogP contribution in [0.3, 0.4) is 0 Å². The van der Waals surface area contributed by atoms with Gasteiger partial charge in [-0.25, -0.2) is 0 Å². The minimum atomic E-state index is -0.315. The third-order valence-corrected chi connectivity index (χ3v) is 4.11. The Balaban J connectivity index is 1.89. The second kappa shape index (κ2) is 10.2. The van der Waals surface area contributed by atoms with Gasteiger partial charge in [0.2, 0.25) is 5.91 Å². The van der Waals surface area contributed by atoms with Gasteiger partial charge in [0, 0.05) is 30.4 Å². The lowest BCUT2D eigenvalue weighted by molar-refractivity contribution is -0.115. The van der Waals surface area contributed by atoms with Gasteiger partial charge in [0.1, 0.15) is 0 Å². The van der Waals surface area contributed by atoms with E-state index in [0.717, 1.165) is 5.56 Å². The van der Waals surface area contributed by atoms with Crippen LogP contribution in [0.2, 0.25) is 0 Å². The summed E-state index contributed by atoms with van der Waals surface area (Å²) in [6.07, 6.45) is 3.14. The molecular weight excluding hydrogens is 358 g/mol.